The van der Waals surface area contributed by atoms with Gasteiger partial charge < -0.3 is 15.0 Å². The smallest absolute Gasteiger partial charge is 0.253 e. The summed E-state index contributed by atoms with van der Waals surface area (Å²) in [6, 6.07) is 4.50. The molecule has 222 valence electrons. The zero-order valence-corrected chi connectivity index (χ0v) is 26.0. The van der Waals surface area contributed by atoms with Crippen molar-refractivity contribution in [2.24, 2.45) is 5.92 Å². The van der Waals surface area contributed by atoms with E-state index in [0.29, 0.717) is 17.2 Å². The summed E-state index contributed by atoms with van der Waals surface area (Å²) in [5.41, 5.74) is 0.977. The Morgan fingerprint density at radius 3 is 2.25 bits per heavy atom. The molecule has 0 radical (unpaired) electrons. The minimum absolute atomic E-state index is 0.000503. The van der Waals surface area contributed by atoms with Gasteiger partial charge in [-0.15, -0.1) is 0 Å². The topological polar surface area (TPSA) is 135 Å². The SMILES string of the molecule is Cc1c(C(=O)NC2CS(=O)(=O)C2)cn(-c2ccc(S(=O)(=O)NC(C)(C)C)c(C(C)(C)O)c2)c1CC1CCCCC1. The van der Waals surface area contributed by atoms with Crippen LogP contribution in [0.25, 0.3) is 5.69 Å². The molecule has 0 atom stereocenters. The molecule has 2 aliphatic rings. The second-order valence-corrected chi connectivity index (χ2v) is 16.8. The Hall–Kier alpha value is -2.21. The van der Waals surface area contributed by atoms with Crippen LogP contribution in [0.15, 0.2) is 29.3 Å². The summed E-state index contributed by atoms with van der Waals surface area (Å²) in [5, 5.41) is 13.9. The molecule has 0 unspecified atom stereocenters. The van der Waals surface area contributed by atoms with Gasteiger partial charge in [0.15, 0.2) is 9.84 Å². The Balaban J connectivity index is 1.79. The number of nitrogens with one attached hydrogen (secondary N) is 2. The van der Waals surface area contributed by atoms with E-state index >= 15 is 0 Å². The van der Waals surface area contributed by atoms with E-state index in [-0.39, 0.29) is 27.9 Å². The number of hydrogen-bond acceptors (Lipinski definition) is 6. The average molecular weight is 594 g/mol. The fraction of sp³-hybridized carbons (Fsp3) is 0.621. The molecule has 4 rings (SSSR count). The second kappa shape index (κ2) is 10.9. The quantitative estimate of drug-likeness (QED) is 0.427. The van der Waals surface area contributed by atoms with Crippen LogP contribution in [0, 0.1) is 12.8 Å². The third kappa shape index (κ3) is 6.98. The molecule has 1 aliphatic carbocycles. The molecule has 1 saturated carbocycles. The lowest BCUT2D eigenvalue weighted by Crippen LogP contribution is -2.52. The standard InChI is InChI=1S/C29H43N3O6S2/c1-19-23(27(33)30-21-17-39(35,36)18-21)16-32(25(19)14-20-10-8-7-9-11-20)22-12-13-26(24(15-22)29(5,6)34)40(37,38)31-28(2,3)4/h12-13,15-16,20-21,31,34H,7-11,14,17-18H2,1-6H3,(H,30,33). The van der Waals surface area contributed by atoms with Gasteiger partial charge in [-0.25, -0.2) is 21.6 Å². The molecular formula is C29H43N3O6S2. The van der Waals surface area contributed by atoms with Crippen molar-refractivity contribution in [1.29, 1.82) is 0 Å². The predicted molar refractivity (Wildman–Crippen MR) is 156 cm³/mol. The average Bonchev–Trinajstić information content (AvgIpc) is 3.12. The van der Waals surface area contributed by atoms with Gasteiger partial charge in [0.2, 0.25) is 10.0 Å². The van der Waals surface area contributed by atoms with Gasteiger partial charge in [-0.1, -0.05) is 32.1 Å². The van der Waals surface area contributed by atoms with Crippen LogP contribution in [0.1, 0.15) is 93.9 Å². The Bertz CT molecular complexity index is 1480. The third-order valence-corrected chi connectivity index (χ3v) is 11.3. The number of nitrogens with zero attached hydrogens (tertiary/aromatic N) is 1. The highest BCUT2D eigenvalue weighted by Crippen LogP contribution is 2.34. The van der Waals surface area contributed by atoms with Gasteiger partial charge in [-0.3, -0.25) is 4.79 Å². The van der Waals surface area contributed by atoms with Crippen LogP contribution in [-0.4, -0.2) is 55.5 Å². The molecule has 11 heteroatoms. The minimum Gasteiger partial charge on any atom is -0.386 e. The highest BCUT2D eigenvalue weighted by atomic mass is 32.2. The van der Waals surface area contributed by atoms with Gasteiger partial charge in [0.05, 0.1) is 33.6 Å². The molecular weight excluding hydrogens is 550 g/mol. The van der Waals surface area contributed by atoms with Gasteiger partial charge in [-0.2, -0.15) is 0 Å². The van der Waals surface area contributed by atoms with Crippen LogP contribution in [0.3, 0.4) is 0 Å². The first kappa shape index (κ1) is 30.7. The largest absolute Gasteiger partial charge is 0.386 e. The van der Waals surface area contributed by atoms with E-state index in [1.807, 2.05) is 11.5 Å². The number of rotatable bonds is 8. The van der Waals surface area contributed by atoms with Crippen molar-refractivity contribution in [2.45, 2.75) is 102 Å². The normalized spacial score (nSPS) is 18.9. The fourth-order valence-electron chi connectivity index (χ4n) is 5.76. The van der Waals surface area contributed by atoms with Gasteiger partial charge in [0.25, 0.3) is 5.91 Å². The molecule has 0 spiro atoms. The maximum atomic E-state index is 13.3. The maximum Gasteiger partial charge on any atom is 0.253 e. The van der Waals surface area contributed by atoms with Crippen LogP contribution in [0.5, 0.6) is 0 Å². The number of hydrogen-bond donors (Lipinski definition) is 3. The van der Waals surface area contributed by atoms with E-state index in [0.717, 1.165) is 30.5 Å². The number of carbonyl (C=O) groups is 1. The highest BCUT2D eigenvalue weighted by molar-refractivity contribution is 7.92. The van der Waals surface area contributed by atoms with Crippen LogP contribution in [-0.2, 0) is 31.9 Å². The van der Waals surface area contributed by atoms with Crippen LogP contribution in [0.4, 0.5) is 0 Å². The first-order valence-corrected chi connectivity index (χ1v) is 17.3. The fourth-order valence-corrected chi connectivity index (χ4v) is 8.82. The van der Waals surface area contributed by atoms with Gasteiger partial charge >= 0.3 is 0 Å². The van der Waals surface area contributed by atoms with Crippen LogP contribution in [0.2, 0.25) is 0 Å². The number of carbonyl (C=O) groups excluding carboxylic acids is 1. The summed E-state index contributed by atoms with van der Waals surface area (Å²) in [7, 11) is -7.01. The van der Waals surface area contributed by atoms with Gasteiger partial charge in [0, 0.05) is 28.7 Å². The second-order valence-electron chi connectivity index (χ2n) is 13.0. The molecule has 1 aromatic carbocycles. The van der Waals surface area contributed by atoms with E-state index < -0.39 is 37.0 Å². The monoisotopic (exact) mass is 593 g/mol. The van der Waals surface area contributed by atoms with Crippen molar-refractivity contribution in [3.63, 3.8) is 0 Å². The van der Waals surface area contributed by atoms with E-state index in [1.165, 1.54) is 25.3 Å². The summed E-state index contributed by atoms with van der Waals surface area (Å²) in [4.78, 5) is 13.3. The predicted octanol–water partition coefficient (Wildman–Crippen LogP) is 3.74. The minimum atomic E-state index is -3.93. The summed E-state index contributed by atoms with van der Waals surface area (Å²) in [6.07, 6.45) is 8.30. The molecule has 1 amide bonds. The van der Waals surface area contributed by atoms with Crippen molar-refractivity contribution in [3.8, 4) is 5.69 Å². The van der Waals surface area contributed by atoms with E-state index in [4.69, 9.17) is 0 Å². The third-order valence-electron chi connectivity index (χ3n) is 7.71. The van der Waals surface area contributed by atoms with Crippen LogP contribution < -0.4 is 10.0 Å². The number of sulfone groups is 1. The lowest BCUT2D eigenvalue weighted by molar-refractivity contribution is 0.0754. The Morgan fingerprint density at radius 1 is 1.07 bits per heavy atom. The maximum absolute atomic E-state index is 13.3. The Morgan fingerprint density at radius 2 is 1.70 bits per heavy atom. The van der Waals surface area contributed by atoms with Crippen molar-refractivity contribution in [1.82, 2.24) is 14.6 Å². The van der Waals surface area contributed by atoms with Crippen molar-refractivity contribution >= 4 is 25.8 Å². The van der Waals surface area contributed by atoms with E-state index in [2.05, 4.69) is 10.0 Å². The Labute approximate surface area is 238 Å². The molecule has 2 heterocycles. The number of aliphatic hydroxyl groups is 1. The van der Waals surface area contributed by atoms with Crippen molar-refractivity contribution in [2.75, 3.05) is 11.5 Å². The number of aromatic nitrogens is 1. The molecule has 2 aromatic rings. The summed E-state index contributed by atoms with van der Waals surface area (Å²) in [6.45, 7) is 10.3. The Kier molecular flexibility index (Phi) is 8.37. The molecule has 1 aliphatic heterocycles. The summed E-state index contributed by atoms with van der Waals surface area (Å²) in [5.74, 6) is 0.0393. The molecule has 1 aromatic heterocycles. The first-order valence-electron chi connectivity index (χ1n) is 14.0. The number of amides is 1. The summed E-state index contributed by atoms with van der Waals surface area (Å²) < 4.78 is 54.4. The lowest BCUT2D eigenvalue weighted by Gasteiger charge is -2.27. The zero-order chi connectivity index (χ0) is 29.7. The van der Waals surface area contributed by atoms with Gasteiger partial charge in [-0.05, 0) is 77.6 Å². The molecule has 0 bridgehead atoms. The molecule has 1 saturated heterocycles. The molecule has 40 heavy (non-hydrogen) atoms. The molecule has 9 nitrogen and oxygen atoms in total. The van der Waals surface area contributed by atoms with Crippen LogP contribution >= 0.6 is 0 Å². The van der Waals surface area contributed by atoms with E-state index in [1.54, 1.807) is 52.9 Å². The van der Waals surface area contributed by atoms with Crippen molar-refractivity contribution < 1.29 is 26.7 Å². The van der Waals surface area contributed by atoms with Gasteiger partial charge in [0.1, 0.15) is 0 Å². The molecule has 2 fully saturated rings. The number of sulfonamides is 1. The lowest BCUT2D eigenvalue weighted by atomic mass is 9.85. The van der Waals surface area contributed by atoms with E-state index in [9.17, 15) is 26.7 Å². The first-order chi connectivity index (χ1) is 18.4. The zero-order valence-electron chi connectivity index (χ0n) is 24.4. The highest BCUT2D eigenvalue weighted by Gasteiger charge is 2.36. The molecule has 3 N–H and O–H groups in total. The number of benzene rings is 1. The summed E-state index contributed by atoms with van der Waals surface area (Å²) >= 11 is 0. The van der Waals surface area contributed by atoms with Crippen molar-refractivity contribution in [3.05, 3.63) is 46.8 Å².